The van der Waals surface area contributed by atoms with Crippen LogP contribution >= 0.6 is 24.0 Å². The smallest absolute Gasteiger partial charge is 0.167 e. The Labute approximate surface area is 227 Å². The van der Waals surface area contributed by atoms with Crippen LogP contribution in [0.5, 0.6) is 0 Å². The predicted octanol–water partition coefficient (Wildman–Crippen LogP) is 3.55. The molecule has 0 saturated carbocycles. The van der Waals surface area contributed by atoms with Crippen LogP contribution in [-0.4, -0.2) is 81.8 Å². The second-order valence-electron chi connectivity index (χ2n) is 9.01. The summed E-state index contributed by atoms with van der Waals surface area (Å²) in [6, 6.07) is 7.92. The average Bonchev–Trinajstić information content (AvgIpc) is 3.25. The third-order valence-corrected chi connectivity index (χ3v) is 7.77. The van der Waals surface area contributed by atoms with Gasteiger partial charge in [0.05, 0.1) is 23.6 Å². The molecule has 1 fully saturated rings. The zero-order chi connectivity index (χ0) is 26.5. The van der Waals surface area contributed by atoms with Gasteiger partial charge in [0.25, 0.3) is 0 Å². The molecule has 0 spiro atoms. The fraction of sp³-hybridized carbons (Fsp3) is 0.462. The summed E-state index contributed by atoms with van der Waals surface area (Å²) >= 11 is 7.12. The number of aliphatic hydroxyl groups is 1. The van der Waals surface area contributed by atoms with E-state index in [1.165, 1.54) is 0 Å². The second-order valence-corrected chi connectivity index (χ2v) is 10.5. The Morgan fingerprint density at radius 3 is 2.62 bits per heavy atom. The molecule has 3 heterocycles. The number of aliphatic hydroxyl groups excluding tert-OH is 1. The Balaban J connectivity index is 1.71. The number of thiocarbonyl (C=S) groups is 1. The fourth-order valence-corrected chi connectivity index (χ4v) is 5.09. The van der Waals surface area contributed by atoms with E-state index in [-0.39, 0.29) is 6.61 Å². The van der Waals surface area contributed by atoms with Gasteiger partial charge in [-0.15, -0.1) is 11.8 Å². The van der Waals surface area contributed by atoms with Gasteiger partial charge in [-0.05, 0) is 45.7 Å². The van der Waals surface area contributed by atoms with E-state index >= 15 is 0 Å². The Kier molecular flexibility index (Phi) is 9.14. The second kappa shape index (κ2) is 12.3. The van der Waals surface area contributed by atoms with Crippen LogP contribution in [0.2, 0.25) is 0 Å². The lowest BCUT2D eigenvalue weighted by Gasteiger charge is -2.37. The van der Waals surface area contributed by atoms with Crippen molar-refractivity contribution in [3.05, 3.63) is 46.8 Å². The molecule has 37 heavy (non-hydrogen) atoms. The Hall–Kier alpha value is -2.57. The number of nitrogens with zero attached hydrogens (tertiary/aromatic N) is 5. The molecule has 2 aromatic heterocycles. The first-order chi connectivity index (χ1) is 17.8. The maximum absolute atomic E-state index is 9.93. The summed E-state index contributed by atoms with van der Waals surface area (Å²) in [5.74, 6) is 2.25. The van der Waals surface area contributed by atoms with Crippen LogP contribution in [0.4, 0.5) is 5.82 Å². The van der Waals surface area contributed by atoms with Crippen LogP contribution in [0.3, 0.4) is 0 Å². The maximum Gasteiger partial charge on any atom is 0.167 e. The fourth-order valence-electron chi connectivity index (χ4n) is 4.46. The highest BCUT2D eigenvalue weighted by molar-refractivity contribution is 8.22. The minimum Gasteiger partial charge on any atom is -0.367 e. The van der Waals surface area contributed by atoms with Crippen molar-refractivity contribution < 1.29 is 14.4 Å². The van der Waals surface area contributed by atoms with Crippen LogP contribution in [0, 0.1) is 20.8 Å². The van der Waals surface area contributed by atoms with Gasteiger partial charge in [0, 0.05) is 43.9 Å². The van der Waals surface area contributed by atoms with E-state index in [4.69, 9.17) is 31.4 Å². The minimum absolute atomic E-state index is 0.281. The molecular weight excluding hydrogens is 508 g/mol. The Morgan fingerprint density at radius 1 is 1.22 bits per heavy atom. The normalized spacial score (nSPS) is 14.8. The molecule has 1 aliphatic rings. The van der Waals surface area contributed by atoms with E-state index in [2.05, 4.69) is 27.2 Å². The summed E-state index contributed by atoms with van der Waals surface area (Å²) in [6.45, 7) is 9.88. The number of hydrogen-bond donors (Lipinski definition) is 2. The molecule has 1 atom stereocenters. The van der Waals surface area contributed by atoms with Gasteiger partial charge in [0.1, 0.15) is 15.9 Å². The summed E-state index contributed by atoms with van der Waals surface area (Å²) in [6.07, 6.45) is 1.14. The topological polar surface area (TPSA) is 99.8 Å². The highest BCUT2D eigenvalue weighted by atomic mass is 32.2. The van der Waals surface area contributed by atoms with Crippen molar-refractivity contribution in [3.63, 3.8) is 0 Å². The van der Waals surface area contributed by atoms with Gasteiger partial charge in [-0.25, -0.2) is 9.97 Å². The maximum atomic E-state index is 9.93. The first-order valence-electron chi connectivity index (χ1n) is 12.3. The highest BCUT2D eigenvalue weighted by Gasteiger charge is 2.26. The molecule has 0 radical (unpaired) electrons. The van der Waals surface area contributed by atoms with Crippen molar-refractivity contribution in [1.29, 1.82) is 0 Å². The Morgan fingerprint density at radius 2 is 1.97 bits per heavy atom. The van der Waals surface area contributed by atoms with E-state index in [0.717, 1.165) is 75.7 Å². The van der Waals surface area contributed by atoms with Gasteiger partial charge in [-0.2, -0.15) is 0 Å². The number of anilines is 1. The van der Waals surface area contributed by atoms with Crippen molar-refractivity contribution in [2.75, 3.05) is 50.9 Å². The number of likely N-dealkylation sites (N-methyl/N-ethyl adjacent to an activating group) is 1. The van der Waals surface area contributed by atoms with E-state index in [1.807, 2.05) is 44.4 Å². The van der Waals surface area contributed by atoms with Gasteiger partial charge in [0.2, 0.25) is 0 Å². The number of aromatic nitrogens is 3. The highest BCUT2D eigenvalue weighted by Crippen LogP contribution is 2.35. The SMILES string of the molecule is CNC[C@@H](O)OCc1cccc(-c2nc(-c3c(C)noc3C)c(C)c(N3CCN(C(=S)SC)CC3)n2)c1. The molecule has 0 unspecified atom stereocenters. The molecule has 0 bridgehead atoms. The van der Waals surface area contributed by atoms with E-state index in [9.17, 15) is 5.11 Å². The van der Waals surface area contributed by atoms with Crippen molar-refractivity contribution >= 4 is 34.1 Å². The lowest BCUT2D eigenvalue weighted by Crippen LogP contribution is -2.48. The number of thioether (sulfide) groups is 1. The van der Waals surface area contributed by atoms with Crippen LogP contribution in [0.25, 0.3) is 22.6 Å². The quantitative estimate of drug-likeness (QED) is 0.323. The van der Waals surface area contributed by atoms with E-state index in [0.29, 0.717) is 12.4 Å². The van der Waals surface area contributed by atoms with Gasteiger partial charge in [-0.3, -0.25) is 0 Å². The lowest BCUT2D eigenvalue weighted by molar-refractivity contribution is -0.104. The molecule has 0 aliphatic carbocycles. The number of hydrogen-bond acceptors (Lipinski definition) is 10. The minimum atomic E-state index is -0.875. The number of ether oxygens (including phenoxy) is 1. The first kappa shape index (κ1) is 27.5. The van der Waals surface area contributed by atoms with Crippen molar-refractivity contribution in [2.24, 2.45) is 0 Å². The third kappa shape index (κ3) is 6.29. The number of rotatable bonds is 8. The van der Waals surface area contributed by atoms with Crippen LogP contribution in [0.15, 0.2) is 28.8 Å². The molecular formula is C26H34N6O3S2. The molecule has 1 saturated heterocycles. The molecule has 11 heteroatoms. The summed E-state index contributed by atoms with van der Waals surface area (Å²) in [7, 11) is 1.77. The van der Waals surface area contributed by atoms with E-state index < -0.39 is 6.29 Å². The molecule has 4 rings (SSSR count). The van der Waals surface area contributed by atoms with Crippen LogP contribution < -0.4 is 10.2 Å². The molecule has 3 aromatic rings. The zero-order valence-electron chi connectivity index (χ0n) is 21.9. The molecule has 2 N–H and O–H groups in total. The number of benzene rings is 1. The number of aryl methyl sites for hydroxylation is 2. The summed E-state index contributed by atoms with van der Waals surface area (Å²) in [4.78, 5) is 14.6. The summed E-state index contributed by atoms with van der Waals surface area (Å²) < 4.78 is 12.0. The molecule has 1 aromatic carbocycles. The Bertz CT molecular complexity index is 1220. The summed E-state index contributed by atoms with van der Waals surface area (Å²) in [5, 5.41) is 17.0. The van der Waals surface area contributed by atoms with Gasteiger partial charge in [0.15, 0.2) is 12.1 Å². The lowest BCUT2D eigenvalue weighted by atomic mass is 10.0. The van der Waals surface area contributed by atoms with Crippen LogP contribution in [0.1, 0.15) is 22.6 Å². The van der Waals surface area contributed by atoms with Crippen molar-refractivity contribution in [3.8, 4) is 22.6 Å². The molecule has 0 amide bonds. The van der Waals surface area contributed by atoms with Crippen LogP contribution in [-0.2, 0) is 11.3 Å². The largest absolute Gasteiger partial charge is 0.367 e. The number of nitrogens with one attached hydrogen (secondary N) is 1. The third-order valence-electron chi connectivity index (χ3n) is 6.41. The standard InChI is InChI=1S/C26H34N6O3S2/c1-16-23(22-17(2)30-35-18(22)3)28-24(20-8-6-7-19(13-20)15-34-21(33)14-27-4)29-25(16)31-9-11-32(12-10-31)26(36)37-5/h6-8,13,21,27,33H,9-12,14-15H2,1-5H3/t21-/m0/s1. The first-order valence-corrected chi connectivity index (χ1v) is 13.9. The predicted molar refractivity (Wildman–Crippen MR) is 152 cm³/mol. The van der Waals surface area contributed by atoms with Crippen molar-refractivity contribution in [2.45, 2.75) is 33.7 Å². The molecule has 198 valence electrons. The van der Waals surface area contributed by atoms with Crippen molar-refractivity contribution in [1.82, 2.24) is 25.3 Å². The zero-order valence-corrected chi connectivity index (χ0v) is 23.6. The average molecular weight is 543 g/mol. The molecule has 9 nitrogen and oxygen atoms in total. The number of piperazine rings is 1. The summed E-state index contributed by atoms with van der Waals surface area (Å²) in [5.41, 5.74) is 5.32. The molecule has 1 aliphatic heterocycles. The van der Waals surface area contributed by atoms with Gasteiger partial charge in [-0.1, -0.05) is 35.6 Å². The van der Waals surface area contributed by atoms with Gasteiger partial charge >= 0.3 is 0 Å². The van der Waals surface area contributed by atoms with E-state index in [1.54, 1.807) is 18.8 Å². The van der Waals surface area contributed by atoms with Gasteiger partial charge < -0.3 is 29.5 Å². The monoisotopic (exact) mass is 542 g/mol.